The molecule has 0 saturated carbocycles. The molecule has 0 spiro atoms. The highest BCUT2D eigenvalue weighted by molar-refractivity contribution is 7.15. The number of halogens is 1. The number of hydrogen-bond acceptors (Lipinski definition) is 4. The van der Waals surface area contributed by atoms with Gasteiger partial charge in [0.2, 0.25) is 0 Å². The van der Waals surface area contributed by atoms with Crippen molar-refractivity contribution in [3.63, 3.8) is 0 Å². The van der Waals surface area contributed by atoms with Gasteiger partial charge in [-0.25, -0.2) is 4.98 Å². The molecule has 1 heterocycles. The Morgan fingerprint density at radius 3 is 2.89 bits per heavy atom. The SMILES string of the molecule is CCc1nc(N)sc1Cc1ccc(C#N)cc1Cl. The smallest absolute Gasteiger partial charge is 0.180 e. The summed E-state index contributed by atoms with van der Waals surface area (Å²) in [6.07, 6.45) is 1.57. The van der Waals surface area contributed by atoms with Crippen LogP contribution >= 0.6 is 22.9 Å². The van der Waals surface area contributed by atoms with E-state index >= 15 is 0 Å². The predicted molar refractivity (Wildman–Crippen MR) is 74.9 cm³/mol. The Balaban J connectivity index is 2.31. The van der Waals surface area contributed by atoms with Crippen LogP contribution in [0.15, 0.2) is 18.2 Å². The lowest BCUT2D eigenvalue weighted by molar-refractivity contribution is 1.02. The van der Waals surface area contributed by atoms with Crippen molar-refractivity contribution in [1.29, 1.82) is 5.26 Å². The number of benzene rings is 1. The molecule has 0 bridgehead atoms. The van der Waals surface area contributed by atoms with Crippen LogP contribution in [-0.4, -0.2) is 4.98 Å². The molecule has 5 heteroatoms. The Morgan fingerprint density at radius 2 is 2.28 bits per heavy atom. The van der Waals surface area contributed by atoms with Gasteiger partial charge in [-0.2, -0.15) is 5.26 Å². The van der Waals surface area contributed by atoms with Gasteiger partial charge in [0.1, 0.15) is 0 Å². The third-order valence-corrected chi connectivity index (χ3v) is 3.94. The molecular formula is C13H12ClN3S. The lowest BCUT2D eigenvalue weighted by Crippen LogP contribution is -1.92. The molecule has 0 amide bonds. The van der Waals surface area contributed by atoms with Crippen molar-refractivity contribution in [3.8, 4) is 6.07 Å². The lowest BCUT2D eigenvalue weighted by Gasteiger charge is -2.04. The van der Waals surface area contributed by atoms with E-state index in [1.54, 1.807) is 12.1 Å². The highest BCUT2D eigenvalue weighted by atomic mass is 35.5. The van der Waals surface area contributed by atoms with E-state index in [9.17, 15) is 0 Å². The molecular weight excluding hydrogens is 266 g/mol. The van der Waals surface area contributed by atoms with Crippen molar-refractivity contribution in [2.24, 2.45) is 0 Å². The standard InChI is InChI=1S/C13H12ClN3S/c1-2-11-12(18-13(16)17-11)6-9-4-3-8(7-15)5-10(9)14/h3-5H,2,6H2,1H3,(H2,16,17). The summed E-state index contributed by atoms with van der Waals surface area (Å²) in [6, 6.07) is 7.42. The Kier molecular flexibility index (Phi) is 3.85. The maximum absolute atomic E-state index is 8.80. The third kappa shape index (κ3) is 2.63. The molecule has 18 heavy (non-hydrogen) atoms. The number of nitrogen functional groups attached to an aromatic ring is 1. The van der Waals surface area contributed by atoms with Crippen LogP contribution in [0.4, 0.5) is 5.13 Å². The molecule has 0 radical (unpaired) electrons. The first-order chi connectivity index (χ1) is 8.63. The van der Waals surface area contributed by atoms with Crippen molar-refractivity contribution in [2.75, 3.05) is 5.73 Å². The normalized spacial score (nSPS) is 10.3. The number of nitrogens with two attached hydrogens (primary N) is 1. The Hall–Kier alpha value is -1.57. The van der Waals surface area contributed by atoms with Crippen molar-refractivity contribution < 1.29 is 0 Å². The molecule has 2 rings (SSSR count). The number of anilines is 1. The number of nitriles is 1. The summed E-state index contributed by atoms with van der Waals surface area (Å²) in [5.74, 6) is 0. The second-order valence-electron chi connectivity index (χ2n) is 3.87. The Bertz CT molecular complexity index is 613. The summed E-state index contributed by atoms with van der Waals surface area (Å²) in [5, 5.41) is 10.00. The van der Waals surface area contributed by atoms with Gasteiger partial charge in [-0.05, 0) is 24.1 Å². The fourth-order valence-corrected chi connectivity index (χ4v) is 2.94. The molecule has 92 valence electrons. The van der Waals surface area contributed by atoms with Gasteiger partial charge < -0.3 is 5.73 Å². The van der Waals surface area contributed by atoms with Crippen molar-refractivity contribution in [1.82, 2.24) is 4.98 Å². The summed E-state index contributed by atoms with van der Waals surface area (Å²) < 4.78 is 0. The molecule has 2 aromatic rings. The second-order valence-corrected chi connectivity index (χ2v) is 5.39. The molecule has 1 aromatic heterocycles. The molecule has 3 nitrogen and oxygen atoms in total. The van der Waals surface area contributed by atoms with Crippen LogP contribution in [-0.2, 0) is 12.8 Å². The van der Waals surface area contributed by atoms with Crippen LogP contribution in [0.5, 0.6) is 0 Å². The van der Waals surface area contributed by atoms with Crippen molar-refractivity contribution >= 4 is 28.1 Å². The second kappa shape index (κ2) is 5.38. The van der Waals surface area contributed by atoms with Crippen LogP contribution < -0.4 is 5.73 Å². The van der Waals surface area contributed by atoms with E-state index in [1.165, 1.54) is 11.3 Å². The number of thiazole rings is 1. The molecule has 0 unspecified atom stereocenters. The van der Waals surface area contributed by atoms with Gasteiger partial charge >= 0.3 is 0 Å². The summed E-state index contributed by atoms with van der Waals surface area (Å²) in [4.78, 5) is 5.43. The number of aryl methyl sites for hydroxylation is 1. The topological polar surface area (TPSA) is 62.7 Å². The van der Waals surface area contributed by atoms with Gasteiger partial charge in [-0.3, -0.25) is 0 Å². The van der Waals surface area contributed by atoms with E-state index in [4.69, 9.17) is 22.6 Å². The number of nitrogens with zero attached hydrogens (tertiary/aromatic N) is 2. The molecule has 2 N–H and O–H groups in total. The van der Waals surface area contributed by atoms with E-state index in [0.29, 0.717) is 22.1 Å². The summed E-state index contributed by atoms with van der Waals surface area (Å²) >= 11 is 7.66. The zero-order valence-corrected chi connectivity index (χ0v) is 11.5. The van der Waals surface area contributed by atoms with Crippen LogP contribution in [0, 0.1) is 11.3 Å². The van der Waals surface area contributed by atoms with Crippen LogP contribution in [0.25, 0.3) is 0 Å². The van der Waals surface area contributed by atoms with Gasteiger partial charge in [0.05, 0.1) is 17.3 Å². The first-order valence-corrected chi connectivity index (χ1v) is 6.76. The molecule has 0 aliphatic heterocycles. The summed E-state index contributed by atoms with van der Waals surface area (Å²) in [7, 11) is 0. The molecule has 0 fully saturated rings. The van der Waals surface area contributed by atoms with E-state index in [1.807, 2.05) is 6.07 Å². The van der Waals surface area contributed by atoms with Crippen molar-refractivity contribution in [3.05, 3.63) is 44.9 Å². The van der Waals surface area contributed by atoms with Crippen molar-refractivity contribution in [2.45, 2.75) is 19.8 Å². The highest BCUT2D eigenvalue weighted by Gasteiger charge is 2.11. The number of rotatable bonds is 3. The fraction of sp³-hybridized carbons (Fsp3) is 0.231. The minimum absolute atomic E-state index is 0.572. The van der Waals surface area contributed by atoms with E-state index in [0.717, 1.165) is 22.6 Å². The first-order valence-electron chi connectivity index (χ1n) is 5.56. The molecule has 0 saturated heterocycles. The number of hydrogen-bond donors (Lipinski definition) is 1. The predicted octanol–water partition coefficient (Wildman–Crippen LogP) is 3.40. The van der Waals surface area contributed by atoms with E-state index in [2.05, 4.69) is 18.0 Å². The van der Waals surface area contributed by atoms with Gasteiger partial charge in [0.15, 0.2) is 5.13 Å². The summed E-state index contributed by atoms with van der Waals surface area (Å²) in [6.45, 7) is 2.05. The fourth-order valence-electron chi connectivity index (χ4n) is 1.75. The largest absolute Gasteiger partial charge is 0.375 e. The van der Waals surface area contributed by atoms with Crippen LogP contribution in [0.1, 0.15) is 28.6 Å². The quantitative estimate of drug-likeness (QED) is 0.935. The highest BCUT2D eigenvalue weighted by Crippen LogP contribution is 2.27. The zero-order valence-electron chi connectivity index (χ0n) is 9.90. The zero-order chi connectivity index (χ0) is 13.1. The lowest BCUT2D eigenvalue weighted by atomic mass is 10.1. The Morgan fingerprint density at radius 1 is 1.50 bits per heavy atom. The first kappa shape index (κ1) is 12.9. The van der Waals surface area contributed by atoms with Gasteiger partial charge in [0.25, 0.3) is 0 Å². The van der Waals surface area contributed by atoms with E-state index < -0.39 is 0 Å². The molecule has 1 aromatic carbocycles. The van der Waals surface area contributed by atoms with Gasteiger partial charge in [0, 0.05) is 16.3 Å². The molecule has 0 atom stereocenters. The molecule has 0 aliphatic rings. The third-order valence-electron chi connectivity index (χ3n) is 2.66. The van der Waals surface area contributed by atoms with Gasteiger partial charge in [-0.15, -0.1) is 11.3 Å². The molecule has 0 aliphatic carbocycles. The Labute approximate surface area is 115 Å². The van der Waals surface area contributed by atoms with Crippen LogP contribution in [0.3, 0.4) is 0 Å². The monoisotopic (exact) mass is 277 g/mol. The van der Waals surface area contributed by atoms with E-state index in [-0.39, 0.29) is 0 Å². The van der Waals surface area contributed by atoms with Crippen LogP contribution in [0.2, 0.25) is 5.02 Å². The minimum Gasteiger partial charge on any atom is -0.375 e. The maximum Gasteiger partial charge on any atom is 0.180 e. The average Bonchev–Trinajstić information content (AvgIpc) is 2.72. The number of aromatic nitrogens is 1. The minimum atomic E-state index is 0.572. The summed E-state index contributed by atoms with van der Waals surface area (Å²) in [5.41, 5.74) is 8.32. The maximum atomic E-state index is 8.80. The van der Waals surface area contributed by atoms with Gasteiger partial charge in [-0.1, -0.05) is 24.6 Å². The average molecular weight is 278 g/mol.